The molecule has 3 aromatic carbocycles. The zero-order chi connectivity index (χ0) is 23.5. The van der Waals surface area contributed by atoms with E-state index in [9.17, 15) is 18.4 Å². The lowest BCUT2D eigenvalue weighted by Gasteiger charge is -2.26. The molecule has 0 aromatic heterocycles. The molecule has 1 heterocycles. The van der Waals surface area contributed by atoms with Crippen LogP contribution in [0.5, 0.6) is 5.75 Å². The van der Waals surface area contributed by atoms with Gasteiger partial charge in [-0.25, -0.2) is 13.6 Å². The van der Waals surface area contributed by atoms with E-state index in [4.69, 9.17) is 4.74 Å². The predicted octanol–water partition coefficient (Wildman–Crippen LogP) is 5.70. The molecule has 3 aromatic rings. The van der Waals surface area contributed by atoms with Crippen molar-refractivity contribution >= 4 is 40.8 Å². The van der Waals surface area contributed by atoms with Crippen molar-refractivity contribution in [2.45, 2.75) is 12.3 Å². The Morgan fingerprint density at radius 3 is 2.67 bits per heavy atom. The van der Waals surface area contributed by atoms with Crippen LogP contribution >= 0.6 is 11.8 Å². The van der Waals surface area contributed by atoms with Crippen LogP contribution < -0.4 is 20.3 Å². The number of methoxy groups -OCH3 is 1. The molecule has 1 saturated heterocycles. The summed E-state index contributed by atoms with van der Waals surface area (Å²) in [6.45, 7) is 1.94. The number of hydrogen-bond donors (Lipinski definition) is 2. The number of nitrogens with one attached hydrogen (secondary N) is 2. The lowest BCUT2D eigenvalue weighted by Crippen LogP contribution is -2.28. The molecule has 9 heteroatoms. The molecule has 0 unspecified atom stereocenters. The Bertz CT molecular complexity index is 1220. The molecular formula is C24H21F2N3O3S. The van der Waals surface area contributed by atoms with Crippen molar-refractivity contribution in [2.24, 2.45) is 0 Å². The third-order valence-corrected chi connectivity index (χ3v) is 6.28. The Morgan fingerprint density at radius 1 is 1.09 bits per heavy atom. The zero-order valence-corrected chi connectivity index (χ0v) is 18.7. The number of ether oxygens (including phenoxy) is 1. The van der Waals surface area contributed by atoms with Gasteiger partial charge in [-0.05, 0) is 54.4 Å². The minimum atomic E-state index is -0.873. The molecule has 2 N–H and O–H groups in total. The Morgan fingerprint density at radius 2 is 1.91 bits per heavy atom. The number of amides is 3. The zero-order valence-electron chi connectivity index (χ0n) is 17.9. The standard InChI is InChI=1S/C24H21F2N3O3S/c1-14-6-9-21(32-2)20(10-14)29-22(30)13-33-23(29)15-4-3-5-17(11-15)27-24(31)28-19-8-7-16(25)12-18(19)26/h3-12,23H,13H2,1-2H3,(H2,27,28,31)/t23-/m1/s1. The van der Waals surface area contributed by atoms with E-state index < -0.39 is 17.7 Å². The largest absolute Gasteiger partial charge is 0.495 e. The lowest BCUT2D eigenvalue weighted by atomic mass is 10.1. The van der Waals surface area contributed by atoms with Crippen molar-refractivity contribution < 1.29 is 23.1 Å². The highest BCUT2D eigenvalue weighted by atomic mass is 32.2. The maximum absolute atomic E-state index is 13.8. The molecule has 0 saturated carbocycles. The van der Waals surface area contributed by atoms with Gasteiger partial charge in [0.1, 0.15) is 22.8 Å². The van der Waals surface area contributed by atoms with Gasteiger partial charge in [0.15, 0.2) is 0 Å². The number of aryl methyl sites for hydroxylation is 1. The van der Waals surface area contributed by atoms with Crippen LogP contribution in [0.4, 0.5) is 30.6 Å². The second-order valence-corrected chi connectivity index (χ2v) is 8.50. The van der Waals surface area contributed by atoms with Gasteiger partial charge < -0.3 is 15.4 Å². The normalized spacial score (nSPS) is 15.5. The van der Waals surface area contributed by atoms with Crippen LogP contribution in [-0.2, 0) is 4.79 Å². The highest BCUT2D eigenvalue weighted by Crippen LogP contribution is 2.45. The van der Waals surface area contributed by atoms with E-state index in [1.54, 1.807) is 30.2 Å². The van der Waals surface area contributed by atoms with Crippen molar-refractivity contribution in [3.05, 3.63) is 83.4 Å². The van der Waals surface area contributed by atoms with Gasteiger partial charge in [-0.2, -0.15) is 0 Å². The summed E-state index contributed by atoms with van der Waals surface area (Å²) in [6, 6.07) is 14.9. The number of halogens is 2. The lowest BCUT2D eigenvalue weighted by molar-refractivity contribution is -0.115. The summed E-state index contributed by atoms with van der Waals surface area (Å²) in [4.78, 5) is 26.8. The average Bonchev–Trinajstić information content (AvgIpc) is 3.17. The Hall–Kier alpha value is -3.59. The van der Waals surface area contributed by atoms with E-state index >= 15 is 0 Å². The number of thioether (sulfide) groups is 1. The van der Waals surface area contributed by atoms with E-state index in [0.29, 0.717) is 28.9 Å². The van der Waals surface area contributed by atoms with Crippen molar-refractivity contribution in [1.82, 2.24) is 0 Å². The van der Waals surface area contributed by atoms with Crippen LogP contribution in [0.1, 0.15) is 16.5 Å². The van der Waals surface area contributed by atoms with E-state index in [1.165, 1.54) is 11.8 Å². The van der Waals surface area contributed by atoms with Gasteiger partial charge >= 0.3 is 6.03 Å². The number of hydrogen-bond acceptors (Lipinski definition) is 4. The number of anilines is 3. The molecule has 1 aliphatic heterocycles. The third-order valence-electron chi connectivity index (χ3n) is 5.07. The van der Waals surface area contributed by atoms with Gasteiger partial charge in [0, 0.05) is 11.8 Å². The predicted molar refractivity (Wildman–Crippen MR) is 126 cm³/mol. The molecular weight excluding hydrogens is 448 g/mol. The van der Waals surface area contributed by atoms with Crippen LogP contribution in [0.25, 0.3) is 0 Å². The molecule has 6 nitrogen and oxygen atoms in total. The molecule has 0 bridgehead atoms. The summed E-state index contributed by atoms with van der Waals surface area (Å²) in [6.07, 6.45) is 0. The van der Waals surface area contributed by atoms with Crippen LogP contribution in [0, 0.1) is 18.6 Å². The summed E-state index contributed by atoms with van der Waals surface area (Å²) < 4.78 is 32.4. The minimum absolute atomic E-state index is 0.0446. The number of benzene rings is 3. The third kappa shape index (κ3) is 4.93. The van der Waals surface area contributed by atoms with Crippen molar-refractivity contribution in [3.8, 4) is 5.75 Å². The van der Waals surface area contributed by atoms with Crippen LogP contribution in [0.3, 0.4) is 0 Å². The summed E-state index contributed by atoms with van der Waals surface area (Å²) in [5.41, 5.74) is 2.80. The highest BCUT2D eigenvalue weighted by molar-refractivity contribution is 8.00. The van der Waals surface area contributed by atoms with E-state index in [2.05, 4.69) is 10.6 Å². The quantitative estimate of drug-likeness (QED) is 0.503. The van der Waals surface area contributed by atoms with Gasteiger partial charge in [-0.3, -0.25) is 9.69 Å². The van der Waals surface area contributed by atoms with Crippen molar-refractivity contribution in [1.29, 1.82) is 0 Å². The summed E-state index contributed by atoms with van der Waals surface area (Å²) >= 11 is 1.47. The van der Waals surface area contributed by atoms with Gasteiger partial charge in [-0.15, -0.1) is 11.8 Å². The molecule has 0 radical (unpaired) electrons. The first-order valence-electron chi connectivity index (χ1n) is 10.1. The van der Waals surface area contributed by atoms with Gasteiger partial charge in [0.2, 0.25) is 5.91 Å². The average molecular weight is 470 g/mol. The second kappa shape index (κ2) is 9.50. The monoisotopic (exact) mass is 469 g/mol. The Balaban J connectivity index is 1.56. The topological polar surface area (TPSA) is 70.7 Å². The number of rotatable bonds is 5. The molecule has 1 fully saturated rings. The smallest absolute Gasteiger partial charge is 0.323 e. The first kappa shape index (κ1) is 22.6. The second-order valence-electron chi connectivity index (χ2n) is 7.43. The fraction of sp³-hybridized carbons (Fsp3) is 0.167. The highest BCUT2D eigenvalue weighted by Gasteiger charge is 2.35. The van der Waals surface area contributed by atoms with Crippen molar-refractivity contribution in [3.63, 3.8) is 0 Å². The van der Waals surface area contributed by atoms with Crippen LogP contribution in [-0.4, -0.2) is 24.8 Å². The summed E-state index contributed by atoms with van der Waals surface area (Å²) in [5.74, 6) is -0.746. The molecule has 0 spiro atoms. The number of nitrogens with zero attached hydrogens (tertiary/aromatic N) is 1. The van der Waals surface area contributed by atoms with Crippen LogP contribution in [0.2, 0.25) is 0 Å². The minimum Gasteiger partial charge on any atom is -0.495 e. The maximum Gasteiger partial charge on any atom is 0.323 e. The molecule has 0 aliphatic carbocycles. The summed E-state index contributed by atoms with van der Waals surface area (Å²) in [5, 5.41) is 4.69. The molecule has 170 valence electrons. The van der Waals surface area contributed by atoms with E-state index in [0.717, 1.165) is 23.3 Å². The molecule has 1 aliphatic rings. The van der Waals surface area contributed by atoms with Gasteiger partial charge in [-0.1, -0.05) is 18.2 Å². The Kier molecular flexibility index (Phi) is 6.50. The molecule has 33 heavy (non-hydrogen) atoms. The molecule has 4 rings (SSSR count). The van der Waals surface area contributed by atoms with E-state index in [-0.39, 0.29) is 17.0 Å². The number of urea groups is 1. The fourth-order valence-electron chi connectivity index (χ4n) is 3.56. The van der Waals surface area contributed by atoms with E-state index in [1.807, 2.05) is 31.2 Å². The molecule has 3 amide bonds. The first-order valence-corrected chi connectivity index (χ1v) is 11.1. The maximum atomic E-state index is 13.8. The summed E-state index contributed by atoms with van der Waals surface area (Å²) in [7, 11) is 1.56. The fourth-order valence-corrected chi connectivity index (χ4v) is 4.72. The van der Waals surface area contributed by atoms with Gasteiger partial charge in [0.05, 0.1) is 24.2 Å². The Labute approximate surface area is 193 Å². The first-order chi connectivity index (χ1) is 15.9. The van der Waals surface area contributed by atoms with Gasteiger partial charge in [0.25, 0.3) is 0 Å². The number of carbonyl (C=O) groups is 2. The SMILES string of the molecule is COc1ccc(C)cc1N1C(=O)CS[C@@H]1c1cccc(NC(=O)Nc2ccc(F)cc2F)c1. The van der Waals surface area contributed by atoms with Crippen LogP contribution in [0.15, 0.2) is 60.7 Å². The molecule has 1 atom stereocenters. The van der Waals surface area contributed by atoms with Crippen molar-refractivity contribution in [2.75, 3.05) is 28.4 Å². The number of carbonyl (C=O) groups excluding carboxylic acids is 2.